The van der Waals surface area contributed by atoms with Gasteiger partial charge in [0, 0.05) is 17.3 Å². The van der Waals surface area contributed by atoms with Gasteiger partial charge in [0.2, 0.25) is 0 Å². The quantitative estimate of drug-likeness (QED) is 0.782. The number of carbonyl (C=O) groups is 1. The van der Waals surface area contributed by atoms with E-state index in [0.717, 1.165) is 10.0 Å². The Bertz CT molecular complexity index is 432. The fourth-order valence-electron chi connectivity index (χ4n) is 2.04. The van der Waals surface area contributed by atoms with Gasteiger partial charge in [-0.25, -0.2) is 0 Å². The summed E-state index contributed by atoms with van der Waals surface area (Å²) in [5, 5.41) is 9.24. The highest BCUT2D eigenvalue weighted by Crippen LogP contribution is 2.38. The normalized spacial score (nSPS) is 25.2. The Hall–Kier alpha value is -1.14. The van der Waals surface area contributed by atoms with Gasteiger partial charge >= 0.3 is 0 Å². The van der Waals surface area contributed by atoms with Crippen LogP contribution in [-0.2, 0) is 10.2 Å². The van der Waals surface area contributed by atoms with Crippen LogP contribution < -0.4 is 0 Å². The van der Waals surface area contributed by atoms with Gasteiger partial charge in [-0.05, 0) is 24.1 Å². The van der Waals surface area contributed by atoms with Crippen LogP contribution in [0.1, 0.15) is 24.8 Å². The zero-order valence-electron chi connectivity index (χ0n) is 8.16. The van der Waals surface area contributed by atoms with Crippen molar-refractivity contribution in [2.75, 3.05) is 0 Å². The summed E-state index contributed by atoms with van der Waals surface area (Å²) in [6, 6.07) is 9.98. The summed E-state index contributed by atoms with van der Waals surface area (Å²) in [6.45, 7) is 0. The van der Waals surface area contributed by atoms with Crippen molar-refractivity contribution >= 4 is 21.7 Å². The summed E-state index contributed by atoms with van der Waals surface area (Å²) >= 11 is 3.36. The fraction of sp³-hybridized carbons (Fsp3) is 0.333. The first-order valence-corrected chi connectivity index (χ1v) is 5.65. The number of Topliss-reactive ketones (excluding diaryl/α,β-unsaturated/α-hetero) is 1. The minimum Gasteiger partial charge on any atom is -0.300 e. The molecular weight excluding hydrogens is 254 g/mol. The van der Waals surface area contributed by atoms with E-state index in [0.29, 0.717) is 19.3 Å². The molecule has 1 unspecified atom stereocenters. The fourth-order valence-corrected chi connectivity index (χ4v) is 2.31. The third-order valence-corrected chi connectivity index (χ3v) is 3.47. The van der Waals surface area contributed by atoms with Gasteiger partial charge in [-0.3, -0.25) is 4.79 Å². The SMILES string of the molecule is N#CC1(c2ccc(Br)cc2)CCC(=O)C1. The summed E-state index contributed by atoms with van der Waals surface area (Å²) in [7, 11) is 0. The average Bonchev–Trinajstić information content (AvgIpc) is 2.62. The maximum absolute atomic E-state index is 11.3. The van der Waals surface area contributed by atoms with Gasteiger partial charge < -0.3 is 0 Å². The topological polar surface area (TPSA) is 40.9 Å². The molecule has 76 valence electrons. The molecule has 0 amide bonds. The number of nitrogens with zero attached hydrogens (tertiary/aromatic N) is 1. The second-order valence-corrected chi connectivity index (χ2v) is 4.83. The summed E-state index contributed by atoms with van der Waals surface area (Å²) in [4.78, 5) is 11.3. The number of hydrogen-bond acceptors (Lipinski definition) is 2. The summed E-state index contributed by atoms with van der Waals surface area (Å²) in [6.07, 6.45) is 1.55. The molecule has 15 heavy (non-hydrogen) atoms. The molecule has 1 aromatic carbocycles. The van der Waals surface area contributed by atoms with Gasteiger partial charge in [-0.1, -0.05) is 28.1 Å². The van der Waals surface area contributed by atoms with Crippen LogP contribution >= 0.6 is 15.9 Å². The predicted molar refractivity (Wildman–Crippen MR) is 60.3 cm³/mol. The second-order valence-electron chi connectivity index (χ2n) is 3.92. The van der Waals surface area contributed by atoms with E-state index >= 15 is 0 Å². The van der Waals surface area contributed by atoms with Crippen LogP contribution in [0, 0.1) is 11.3 Å². The molecule has 1 saturated carbocycles. The molecule has 0 aliphatic heterocycles. The summed E-state index contributed by atoms with van der Waals surface area (Å²) in [5.74, 6) is 0.194. The molecule has 1 aromatic rings. The van der Waals surface area contributed by atoms with Crippen molar-refractivity contribution in [1.82, 2.24) is 0 Å². The molecule has 1 aliphatic carbocycles. The molecule has 1 fully saturated rings. The van der Waals surface area contributed by atoms with E-state index in [1.165, 1.54) is 0 Å². The molecule has 1 aliphatic rings. The van der Waals surface area contributed by atoms with Crippen molar-refractivity contribution in [2.45, 2.75) is 24.7 Å². The van der Waals surface area contributed by atoms with E-state index in [9.17, 15) is 10.1 Å². The van der Waals surface area contributed by atoms with Crippen LogP contribution in [0.2, 0.25) is 0 Å². The molecule has 2 nitrogen and oxygen atoms in total. The monoisotopic (exact) mass is 263 g/mol. The van der Waals surface area contributed by atoms with Gasteiger partial charge in [0.1, 0.15) is 5.78 Å². The molecule has 0 radical (unpaired) electrons. The number of benzene rings is 1. The first-order valence-electron chi connectivity index (χ1n) is 4.85. The number of hydrogen-bond donors (Lipinski definition) is 0. The number of carbonyl (C=O) groups excluding carboxylic acids is 1. The molecule has 1 atom stereocenters. The molecule has 3 heteroatoms. The molecule has 0 heterocycles. The summed E-state index contributed by atoms with van der Waals surface area (Å²) in [5.41, 5.74) is 0.386. The number of rotatable bonds is 1. The Morgan fingerprint density at radius 2 is 2.00 bits per heavy atom. The largest absolute Gasteiger partial charge is 0.300 e. The van der Waals surface area contributed by atoms with Crippen LogP contribution in [0.15, 0.2) is 28.7 Å². The molecular formula is C12H10BrNO. The Morgan fingerprint density at radius 3 is 2.47 bits per heavy atom. The lowest BCUT2D eigenvalue weighted by atomic mass is 9.80. The Labute approximate surface area is 97.0 Å². The van der Waals surface area contributed by atoms with Gasteiger partial charge in [-0.2, -0.15) is 5.26 Å². The van der Waals surface area contributed by atoms with Crippen molar-refractivity contribution in [3.8, 4) is 6.07 Å². The van der Waals surface area contributed by atoms with Crippen molar-refractivity contribution < 1.29 is 4.79 Å². The first-order chi connectivity index (χ1) is 7.16. The lowest BCUT2D eigenvalue weighted by Crippen LogP contribution is -2.20. The van der Waals surface area contributed by atoms with Crippen LogP contribution in [0.5, 0.6) is 0 Å². The zero-order chi connectivity index (χ0) is 10.9. The Morgan fingerprint density at radius 1 is 1.33 bits per heavy atom. The first kappa shape index (κ1) is 10.4. The van der Waals surface area contributed by atoms with Gasteiger partial charge in [-0.15, -0.1) is 0 Å². The number of ketones is 1. The third-order valence-electron chi connectivity index (χ3n) is 2.94. The third kappa shape index (κ3) is 1.82. The van der Waals surface area contributed by atoms with Crippen LogP contribution in [0.4, 0.5) is 0 Å². The van der Waals surface area contributed by atoms with Gasteiger partial charge in [0.15, 0.2) is 0 Å². The van der Waals surface area contributed by atoms with Crippen LogP contribution in [-0.4, -0.2) is 5.78 Å². The highest BCUT2D eigenvalue weighted by Gasteiger charge is 2.40. The van der Waals surface area contributed by atoms with Crippen molar-refractivity contribution in [3.63, 3.8) is 0 Å². The molecule has 0 spiro atoms. The van der Waals surface area contributed by atoms with Gasteiger partial charge in [0.25, 0.3) is 0 Å². The number of halogens is 1. The molecule has 0 bridgehead atoms. The van der Waals surface area contributed by atoms with E-state index in [1.807, 2.05) is 24.3 Å². The Kier molecular flexibility index (Phi) is 2.62. The van der Waals surface area contributed by atoms with E-state index in [-0.39, 0.29) is 5.78 Å². The van der Waals surface area contributed by atoms with Crippen molar-refractivity contribution in [3.05, 3.63) is 34.3 Å². The molecule has 0 aromatic heterocycles. The maximum atomic E-state index is 11.3. The van der Waals surface area contributed by atoms with E-state index < -0.39 is 5.41 Å². The Balaban J connectivity index is 2.40. The van der Waals surface area contributed by atoms with Crippen LogP contribution in [0.3, 0.4) is 0 Å². The number of nitriles is 1. The van der Waals surface area contributed by atoms with E-state index in [2.05, 4.69) is 22.0 Å². The molecule has 2 rings (SSSR count). The van der Waals surface area contributed by atoms with Crippen LogP contribution in [0.25, 0.3) is 0 Å². The highest BCUT2D eigenvalue weighted by molar-refractivity contribution is 9.10. The van der Waals surface area contributed by atoms with Gasteiger partial charge in [0.05, 0.1) is 11.5 Å². The minimum atomic E-state index is -0.572. The lowest BCUT2D eigenvalue weighted by molar-refractivity contribution is -0.117. The second kappa shape index (κ2) is 3.79. The summed E-state index contributed by atoms with van der Waals surface area (Å²) < 4.78 is 0.990. The molecule has 0 saturated heterocycles. The average molecular weight is 264 g/mol. The standard InChI is InChI=1S/C12H10BrNO/c13-10-3-1-9(2-4-10)12(8-14)6-5-11(15)7-12/h1-4H,5-7H2. The zero-order valence-corrected chi connectivity index (χ0v) is 9.75. The molecule has 0 N–H and O–H groups in total. The van der Waals surface area contributed by atoms with Crippen molar-refractivity contribution in [1.29, 1.82) is 5.26 Å². The van der Waals surface area contributed by atoms with Crippen molar-refractivity contribution in [2.24, 2.45) is 0 Å². The minimum absolute atomic E-state index is 0.194. The van der Waals surface area contributed by atoms with E-state index in [1.54, 1.807) is 0 Å². The maximum Gasteiger partial charge on any atom is 0.134 e. The van der Waals surface area contributed by atoms with E-state index in [4.69, 9.17) is 0 Å². The lowest BCUT2D eigenvalue weighted by Gasteiger charge is -2.19. The highest BCUT2D eigenvalue weighted by atomic mass is 79.9. The predicted octanol–water partition coefficient (Wildman–Crippen LogP) is 2.96. The smallest absolute Gasteiger partial charge is 0.134 e.